The molecule has 2 aromatic heterocycles. The van der Waals surface area contributed by atoms with Gasteiger partial charge in [-0.25, -0.2) is 8.42 Å². The second kappa shape index (κ2) is 8.74. The maximum absolute atomic E-state index is 12.7. The Kier molecular flexibility index (Phi) is 6.59. The Balaban J connectivity index is 1.78. The predicted molar refractivity (Wildman–Crippen MR) is 109 cm³/mol. The molecule has 0 radical (unpaired) electrons. The third-order valence-electron chi connectivity index (χ3n) is 3.80. The van der Waals surface area contributed by atoms with Gasteiger partial charge < -0.3 is 4.42 Å². The van der Waals surface area contributed by atoms with E-state index in [4.69, 9.17) is 16.0 Å². The minimum absolute atomic E-state index is 0.212. The molecule has 0 aliphatic carbocycles. The van der Waals surface area contributed by atoms with Crippen LogP contribution in [0.15, 0.2) is 50.9 Å². The van der Waals surface area contributed by atoms with Crippen LogP contribution in [0, 0.1) is 0 Å². The van der Waals surface area contributed by atoms with Crippen LogP contribution in [0.1, 0.15) is 18.7 Å². The fraction of sp³-hybridized carbons (Fsp3) is 0.294. The van der Waals surface area contributed by atoms with Gasteiger partial charge in [0.2, 0.25) is 15.9 Å². The lowest BCUT2D eigenvalue weighted by atomic mass is 10.2. The van der Waals surface area contributed by atoms with Crippen LogP contribution < -0.4 is 0 Å². The number of thioether (sulfide) groups is 1. The minimum Gasteiger partial charge on any atom is -0.411 e. The standard InChI is InChI=1S/C17H18ClN3O3S3/c1-3-21(4-2)27(22,23)14-7-5-6-12(10-14)16-19-20-17(24-16)25-11-13-8-9-15(18)26-13/h5-10H,3-4,11H2,1-2H3. The van der Waals surface area contributed by atoms with Gasteiger partial charge in [-0.15, -0.1) is 21.5 Å². The number of hydrogen-bond acceptors (Lipinski definition) is 7. The number of halogens is 1. The van der Waals surface area contributed by atoms with Crippen molar-refractivity contribution in [3.8, 4) is 11.5 Å². The Morgan fingerprint density at radius 1 is 1.19 bits per heavy atom. The van der Waals surface area contributed by atoms with Gasteiger partial charge in [0.05, 0.1) is 9.23 Å². The molecule has 1 aromatic carbocycles. The van der Waals surface area contributed by atoms with Gasteiger partial charge in [0.15, 0.2) is 0 Å². The molecule has 0 atom stereocenters. The summed E-state index contributed by atoms with van der Waals surface area (Å²) in [5.41, 5.74) is 0.571. The zero-order valence-electron chi connectivity index (χ0n) is 14.8. The molecule has 0 aliphatic rings. The topological polar surface area (TPSA) is 76.3 Å². The molecule has 6 nitrogen and oxygen atoms in total. The second-order valence-electron chi connectivity index (χ2n) is 5.48. The van der Waals surface area contributed by atoms with Gasteiger partial charge in [-0.2, -0.15) is 4.31 Å². The summed E-state index contributed by atoms with van der Waals surface area (Å²) >= 11 is 8.84. The normalized spacial score (nSPS) is 12.0. The van der Waals surface area contributed by atoms with Crippen molar-refractivity contribution in [1.82, 2.24) is 14.5 Å². The molecule has 144 valence electrons. The Morgan fingerprint density at radius 3 is 2.63 bits per heavy atom. The number of rotatable bonds is 8. The van der Waals surface area contributed by atoms with Gasteiger partial charge in [-0.1, -0.05) is 43.3 Å². The molecular formula is C17H18ClN3O3S3. The fourth-order valence-corrected chi connectivity index (χ4v) is 5.85. The van der Waals surface area contributed by atoms with Crippen LogP contribution in [0.4, 0.5) is 0 Å². The highest BCUT2D eigenvalue weighted by atomic mass is 35.5. The van der Waals surface area contributed by atoms with E-state index in [9.17, 15) is 8.42 Å². The van der Waals surface area contributed by atoms with Crippen molar-refractivity contribution in [1.29, 1.82) is 0 Å². The number of aromatic nitrogens is 2. The van der Waals surface area contributed by atoms with Crippen molar-refractivity contribution in [3.63, 3.8) is 0 Å². The Hall–Kier alpha value is -1.39. The van der Waals surface area contributed by atoms with E-state index >= 15 is 0 Å². The predicted octanol–water partition coefficient (Wildman–Crippen LogP) is 4.77. The third-order valence-corrected chi connectivity index (χ3v) is 8.12. The quantitative estimate of drug-likeness (QED) is 0.466. The summed E-state index contributed by atoms with van der Waals surface area (Å²) in [4.78, 5) is 1.32. The van der Waals surface area contributed by atoms with Crippen LogP contribution in [0.2, 0.25) is 4.34 Å². The molecule has 0 fully saturated rings. The number of nitrogens with zero attached hydrogens (tertiary/aromatic N) is 3. The van der Waals surface area contributed by atoms with E-state index in [0.29, 0.717) is 35.5 Å². The smallest absolute Gasteiger partial charge is 0.277 e. The van der Waals surface area contributed by atoms with Crippen LogP contribution in [0.3, 0.4) is 0 Å². The lowest BCUT2D eigenvalue weighted by Crippen LogP contribution is -2.30. The number of hydrogen-bond donors (Lipinski definition) is 0. The summed E-state index contributed by atoms with van der Waals surface area (Å²) < 4.78 is 33.2. The zero-order valence-corrected chi connectivity index (χ0v) is 18.0. The molecule has 0 aliphatic heterocycles. The fourth-order valence-electron chi connectivity index (χ4n) is 2.45. The van der Waals surface area contributed by atoms with Crippen molar-refractivity contribution in [2.75, 3.05) is 13.1 Å². The van der Waals surface area contributed by atoms with E-state index in [2.05, 4.69) is 10.2 Å². The molecule has 3 aromatic rings. The van der Waals surface area contributed by atoms with Crippen molar-refractivity contribution in [2.45, 2.75) is 29.7 Å². The zero-order chi connectivity index (χ0) is 19.4. The second-order valence-corrected chi connectivity index (χ2v) is 10.1. The first-order valence-corrected chi connectivity index (χ1v) is 11.9. The molecule has 0 amide bonds. The van der Waals surface area contributed by atoms with Gasteiger partial charge in [0.25, 0.3) is 5.22 Å². The van der Waals surface area contributed by atoms with E-state index in [0.717, 1.165) is 9.21 Å². The van der Waals surface area contributed by atoms with Crippen molar-refractivity contribution < 1.29 is 12.8 Å². The molecule has 0 spiro atoms. The summed E-state index contributed by atoms with van der Waals surface area (Å²) in [5.74, 6) is 0.966. The number of thiophene rings is 1. The lowest BCUT2D eigenvalue weighted by Gasteiger charge is -2.18. The van der Waals surface area contributed by atoms with Crippen LogP contribution in [-0.4, -0.2) is 36.0 Å². The first-order chi connectivity index (χ1) is 12.9. The maximum Gasteiger partial charge on any atom is 0.277 e. The molecule has 0 saturated carbocycles. The molecule has 0 bridgehead atoms. The van der Waals surface area contributed by atoms with Crippen LogP contribution in [0.5, 0.6) is 0 Å². The van der Waals surface area contributed by atoms with Gasteiger partial charge in [-0.3, -0.25) is 0 Å². The molecule has 3 rings (SSSR count). The van der Waals surface area contributed by atoms with Crippen LogP contribution >= 0.6 is 34.7 Å². The molecule has 27 heavy (non-hydrogen) atoms. The minimum atomic E-state index is -3.54. The van der Waals surface area contributed by atoms with Gasteiger partial charge >= 0.3 is 0 Å². The van der Waals surface area contributed by atoms with Crippen LogP contribution in [-0.2, 0) is 15.8 Å². The summed E-state index contributed by atoms with van der Waals surface area (Å²) in [7, 11) is -3.54. The van der Waals surface area contributed by atoms with E-state index in [-0.39, 0.29) is 4.90 Å². The monoisotopic (exact) mass is 443 g/mol. The van der Waals surface area contributed by atoms with Gasteiger partial charge in [0.1, 0.15) is 0 Å². The van der Waals surface area contributed by atoms with Gasteiger partial charge in [0, 0.05) is 29.3 Å². The summed E-state index contributed by atoms with van der Waals surface area (Å²) in [6.45, 7) is 4.45. The molecule has 0 N–H and O–H groups in total. The highest BCUT2D eigenvalue weighted by Crippen LogP contribution is 2.30. The van der Waals surface area contributed by atoms with Crippen molar-refractivity contribution in [3.05, 3.63) is 45.6 Å². The summed E-state index contributed by atoms with van der Waals surface area (Å²) in [6, 6.07) is 10.4. The Bertz CT molecular complexity index is 1010. The highest BCUT2D eigenvalue weighted by molar-refractivity contribution is 7.98. The molecule has 10 heteroatoms. The first-order valence-electron chi connectivity index (χ1n) is 8.25. The average molecular weight is 444 g/mol. The van der Waals surface area contributed by atoms with E-state index < -0.39 is 10.0 Å². The Morgan fingerprint density at radius 2 is 1.96 bits per heavy atom. The van der Waals surface area contributed by atoms with E-state index in [1.165, 1.54) is 27.4 Å². The van der Waals surface area contributed by atoms with E-state index in [1.54, 1.807) is 24.3 Å². The summed E-state index contributed by atoms with van der Waals surface area (Å²) in [5, 5.41) is 8.50. The van der Waals surface area contributed by atoms with Crippen molar-refractivity contribution >= 4 is 44.7 Å². The van der Waals surface area contributed by atoms with E-state index in [1.807, 2.05) is 26.0 Å². The van der Waals surface area contributed by atoms with Crippen molar-refractivity contribution in [2.24, 2.45) is 0 Å². The SMILES string of the molecule is CCN(CC)S(=O)(=O)c1cccc(-c2nnc(SCc3ccc(Cl)s3)o2)c1. The highest BCUT2D eigenvalue weighted by Gasteiger charge is 2.22. The molecule has 2 heterocycles. The Labute approximate surface area is 171 Å². The molecule has 0 saturated heterocycles. The molecular weight excluding hydrogens is 426 g/mol. The molecule has 0 unspecified atom stereocenters. The lowest BCUT2D eigenvalue weighted by molar-refractivity contribution is 0.445. The maximum atomic E-state index is 12.7. The first kappa shape index (κ1) is 20.3. The van der Waals surface area contributed by atoms with Gasteiger partial charge in [-0.05, 0) is 30.3 Å². The average Bonchev–Trinajstić information content (AvgIpc) is 3.30. The summed E-state index contributed by atoms with van der Waals surface area (Å²) in [6.07, 6.45) is 0. The largest absolute Gasteiger partial charge is 0.411 e. The number of sulfonamides is 1. The number of benzene rings is 1. The third kappa shape index (κ3) is 4.72. The van der Waals surface area contributed by atoms with Crippen LogP contribution in [0.25, 0.3) is 11.5 Å².